The molecule has 0 aliphatic rings. The summed E-state index contributed by atoms with van der Waals surface area (Å²) in [5.74, 6) is -3.33. The van der Waals surface area contributed by atoms with Crippen LogP contribution >= 0.6 is 0 Å². The van der Waals surface area contributed by atoms with Crippen LogP contribution in [0, 0.1) is 0 Å². The number of carboxylic acid groups (broad SMARTS) is 4. The predicted molar refractivity (Wildman–Crippen MR) is 56.9 cm³/mol. The molecule has 0 bridgehead atoms. The molecule has 0 aromatic heterocycles. The van der Waals surface area contributed by atoms with E-state index in [1.165, 1.54) is 0 Å². The first-order chi connectivity index (χ1) is 6.93. The van der Waals surface area contributed by atoms with Crippen molar-refractivity contribution in [2.45, 2.75) is 27.7 Å². The molecule has 0 fully saturated rings. The van der Waals surface area contributed by atoms with Gasteiger partial charge in [0.2, 0.25) is 0 Å². The largest absolute Gasteiger partial charge is 0.481 e. The van der Waals surface area contributed by atoms with Gasteiger partial charge in [0, 0.05) is 45.1 Å². The van der Waals surface area contributed by atoms with Crippen LogP contribution in [0.5, 0.6) is 0 Å². The third-order valence-electron chi connectivity index (χ3n) is 0. The third kappa shape index (κ3) is 970. The summed E-state index contributed by atoms with van der Waals surface area (Å²) in [4.78, 5) is 36.0. The first-order valence-electron chi connectivity index (χ1n) is 3.71. The Morgan fingerprint density at radius 2 is 0.556 bits per heavy atom. The number of carboxylic acids is 4. The molecule has 0 rings (SSSR count). The quantitative estimate of drug-likeness (QED) is 0.463. The average molecular weight is 310 g/mol. The number of carbonyl (C=O) groups is 4. The molecule has 0 aliphatic carbocycles. The van der Waals surface area contributed by atoms with Gasteiger partial charge in [0.1, 0.15) is 0 Å². The maximum absolute atomic E-state index is 9.00. The van der Waals surface area contributed by atoms with Crippen LogP contribution in [-0.4, -0.2) is 49.8 Å². The number of rotatable bonds is 0. The van der Waals surface area contributed by atoms with Crippen LogP contribution in [-0.2, 0) is 36.5 Å². The Bertz CT molecular complexity index is 163. The van der Waals surface area contributed by atoms with Gasteiger partial charge in [-0.2, -0.15) is 0 Å². The summed E-state index contributed by atoms with van der Waals surface area (Å²) in [5, 5.41) is 29.7. The SMILES string of the molecule is CC(=O)O.CC(=O)O.CC(=O)O.CC(=O)O.O.[Cr]. The van der Waals surface area contributed by atoms with Crippen molar-refractivity contribution in [2.24, 2.45) is 0 Å². The van der Waals surface area contributed by atoms with Crippen molar-refractivity contribution in [3.8, 4) is 0 Å². The van der Waals surface area contributed by atoms with E-state index in [2.05, 4.69) is 0 Å². The Hall–Kier alpha value is -1.63. The van der Waals surface area contributed by atoms with Gasteiger partial charge < -0.3 is 25.9 Å². The van der Waals surface area contributed by atoms with Crippen LogP contribution in [0.15, 0.2) is 0 Å². The van der Waals surface area contributed by atoms with Crippen LogP contribution in [0.25, 0.3) is 0 Å². The monoisotopic (exact) mass is 310 g/mol. The second kappa shape index (κ2) is 29.5. The van der Waals surface area contributed by atoms with Gasteiger partial charge >= 0.3 is 0 Å². The van der Waals surface area contributed by atoms with E-state index in [9.17, 15) is 0 Å². The zero-order valence-corrected chi connectivity index (χ0v) is 11.6. The normalized spacial score (nSPS) is 5.56. The minimum atomic E-state index is -0.833. The van der Waals surface area contributed by atoms with Crippen molar-refractivity contribution in [3.05, 3.63) is 0 Å². The van der Waals surface area contributed by atoms with E-state index in [1.807, 2.05) is 0 Å². The van der Waals surface area contributed by atoms with E-state index in [0.29, 0.717) is 0 Å². The average Bonchev–Trinajstić information content (AvgIpc) is 1.76. The van der Waals surface area contributed by atoms with Crippen LogP contribution in [0.4, 0.5) is 0 Å². The summed E-state index contributed by atoms with van der Waals surface area (Å²) in [6.07, 6.45) is 0. The molecule has 0 unspecified atom stereocenters. The van der Waals surface area contributed by atoms with Crippen LogP contribution in [0.3, 0.4) is 0 Å². The Labute approximate surface area is 114 Å². The van der Waals surface area contributed by atoms with Gasteiger partial charge in [-0.25, -0.2) is 0 Å². The molecule has 0 heterocycles. The fraction of sp³-hybridized carbons (Fsp3) is 0.500. The second-order valence-corrected chi connectivity index (χ2v) is 2.08. The van der Waals surface area contributed by atoms with Crippen LogP contribution in [0.1, 0.15) is 27.7 Å². The Morgan fingerprint density at radius 1 is 0.556 bits per heavy atom. The molecule has 9 nitrogen and oxygen atoms in total. The first kappa shape index (κ1) is 36.0. The molecule has 18 heavy (non-hydrogen) atoms. The zero-order chi connectivity index (χ0) is 14.3. The molecule has 0 aromatic rings. The van der Waals surface area contributed by atoms with Crippen molar-refractivity contribution >= 4 is 23.9 Å². The molecule has 0 aromatic carbocycles. The Morgan fingerprint density at radius 3 is 0.556 bits per heavy atom. The molecule has 10 heteroatoms. The smallest absolute Gasteiger partial charge is 0.300 e. The molecule has 0 spiro atoms. The molecule has 6 N–H and O–H groups in total. The van der Waals surface area contributed by atoms with E-state index in [-0.39, 0.29) is 22.8 Å². The van der Waals surface area contributed by atoms with Gasteiger partial charge in [-0.05, 0) is 0 Å². The summed E-state index contributed by atoms with van der Waals surface area (Å²) >= 11 is 0. The van der Waals surface area contributed by atoms with E-state index < -0.39 is 23.9 Å². The Kier molecular flexibility index (Phi) is 59.0. The molecule has 0 aliphatic heterocycles. The number of hydrogen-bond acceptors (Lipinski definition) is 4. The van der Waals surface area contributed by atoms with E-state index >= 15 is 0 Å². The van der Waals surface area contributed by atoms with Crippen LogP contribution in [0.2, 0.25) is 0 Å². The predicted octanol–water partition coefficient (Wildman–Crippen LogP) is -0.464. The van der Waals surface area contributed by atoms with Gasteiger partial charge in [-0.15, -0.1) is 0 Å². The summed E-state index contributed by atoms with van der Waals surface area (Å²) in [5.41, 5.74) is 0. The molecule has 110 valence electrons. The van der Waals surface area contributed by atoms with Gasteiger partial charge in [0.05, 0.1) is 0 Å². The van der Waals surface area contributed by atoms with Crippen LogP contribution < -0.4 is 0 Å². The van der Waals surface area contributed by atoms with Gasteiger partial charge in [-0.3, -0.25) is 19.2 Å². The van der Waals surface area contributed by atoms with Gasteiger partial charge in [0.15, 0.2) is 0 Å². The summed E-state index contributed by atoms with van der Waals surface area (Å²) in [6.45, 7) is 4.33. The first-order valence-corrected chi connectivity index (χ1v) is 3.71. The summed E-state index contributed by atoms with van der Waals surface area (Å²) in [6, 6.07) is 0. The van der Waals surface area contributed by atoms with Crippen molar-refractivity contribution in [3.63, 3.8) is 0 Å². The standard InChI is InChI=1S/4C2H4O2.Cr.H2O/c4*1-2(3)4;;/h4*1H3,(H,3,4);;1H2. The zero-order valence-electron chi connectivity index (χ0n) is 10.3. The van der Waals surface area contributed by atoms with Crippen molar-refractivity contribution in [1.82, 2.24) is 0 Å². The molecular weight excluding hydrogens is 292 g/mol. The molecule has 0 amide bonds. The molecule has 0 saturated heterocycles. The molecule has 0 atom stereocenters. The molecular formula is C8H18CrO9. The molecule has 0 saturated carbocycles. The van der Waals surface area contributed by atoms with Crippen molar-refractivity contribution < 1.29 is 62.4 Å². The maximum atomic E-state index is 9.00. The minimum Gasteiger partial charge on any atom is -0.481 e. The second-order valence-electron chi connectivity index (χ2n) is 2.08. The van der Waals surface area contributed by atoms with Crippen molar-refractivity contribution in [1.29, 1.82) is 0 Å². The summed E-state index contributed by atoms with van der Waals surface area (Å²) < 4.78 is 0. The number of aliphatic carboxylic acids is 4. The van der Waals surface area contributed by atoms with E-state index in [1.54, 1.807) is 0 Å². The Balaban J connectivity index is -0.0000000257. The minimum absolute atomic E-state index is 0. The van der Waals surface area contributed by atoms with Crippen molar-refractivity contribution in [2.75, 3.05) is 0 Å². The van der Waals surface area contributed by atoms with E-state index in [0.717, 1.165) is 27.7 Å². The van der Waals surface area contributed by atoms with Gasteiger partial charge in [0.25, 0.3) is 23.9 Å². The maximum Gasteiger partial charge on any atom is 0.300 e. The molecule has 0 radical (unpaired) electrons. The van der Waals surface area contributed by atoms with E-state index in [4.69, 9.17) is 39.6 Å². The topological polar surface area (TPSA) is 181 Å². The summed E-state index contributed by atoms with van der Waals surface area (Å²) in [7, 11) is 0. The third-order valence-corrected chi connectivity index (χ3v) is 0. The fourth-order valence-electron chi connectivity index (χ4n) is 0. The van der Waals surface area contributed by atoms with Gasteiger partial charge in [-0.1, -0.05) is 0 Å². The fourth-order valence-corrected chi connectivity index (χ4v) is 0. The number of hydrogen-bond donors (Lipinski definition) is 4.